The Hall–Kier alpha value is -2.80. The number of quaternary nitrogens is 1. The van der Waals surface area contributed by atoms with Crippen molar-refractivity contribution in [1.29, 1.82) is 0 Å². The van der Waals surface area contributed by atoms with Crippen LogP contribution in [0.25, 0.3) is 11.5 Å². The van der Waals surface area contributed by atoms with Gasteiger partial charge in [-0.3, -0.25) is 0 Å². The summed E-state index contributed by atoms with van der Waals surface area (Å²) in [6.07, 6.45) is 0. The van der Waals surface area contributed by atoms with Crippen molar-refractivity contribution >= 4 is 5.69 Å². The number of aromatic nitrogens is 2. The second kappa shape index (κ2) is 7.44. The zero-order chi connectivity index (χ0) is 18.8. The third-order valence-electron chi connectivity index (χ3n) is 5.05. The molecule has 4 rings (SSSR count). The van der Waals surface area contributed by atoms with Crippen LogP contribution in [-0.2, 0) is 6.54 Å². The number of aryl methyl sites for hydroxylation is 2. The maximum Gasteiger partial charge on any atom is 0.271 e. The second-order valence-corrected chi connectivity index (χ2v) is 6.94. The topological polar surface area (TPSA) is 69.0 Å². The lowest BCUT2D eigenvalue weighted by Crippen LogP contribution is -3.13. The molecule has 3 heterocycles. The Balaban J connectivity index is 1.35. The van der Waals surface area contributed by atoms with Crippen LogP contribution in [0.5, 0.6) is 5.75 Å². The molecule has 0 bridgehead atoms. The molecule has 0 unspecified atom stereocenters. The molecule has 3 aromatic rings. The Morgan fingerprint density at radius 3 is 2.44 bits per heavy atom. The lowest BCUT2D eigenvalue weighted by molar-refractivity contribution is -0.915. The highest BCUT2D eigenvalue weighted by Gasteiger charge is 2.23. The number of nitrogens with one attached hydrogen (secondary N) is 1. The van der Waals surface area contributed by atoms with Gasteiger partial charge in [0, 0.05) is 5.69 Å². The smallest absolute Gasteiger partial charge is 0.271 e. The highest BCUT2D eigenvalue weighted by molar-refractivity contribution is 5.55. The Morgan fingerprint density at radius 1 is 1.07 bits per heavy atom. The summed E-state index contributed by atoms with van der Waals surface area (Å²) in [5.41, 5.74) is 2.12. The van der Waals surface area contributed by atoms with E-state index in [9.17, 15) is 0 Å². The number of piperazine rings is 1. The van der Waals surface area contributed by atoms with E-state index in [1.54, 1.807) is 7.11 Å². The molecule has 1 aliphatic heterocycles. The SMILES string of the molecule is COc1ccc(N2CC[NH+](Cc3nnc(-c4cc(C)oc4C)o3)CC2)cc1. The van der Waals surface area contributed by atoms with Crippen LogP contribution in [0.1, 0.15) is 17.4 Å². The van der Waals surface area contributed by atoms with Crippen molar-refractivity contribution in [3.8, 4) is 17.2 Å². The molecule has 0 amide bonds. The molecule has 142 valence electrons. The van der Waals surface area contributed by atoms with Crippen molar-refractivity contribution in [2.45, 2.75) is 20.4 Å². The van der Waals surface area contributed by atoms with Crippen LogP contribution in [0.15, 0.2) is 39.2 Å². The Morgan fingerprint density at radius 2 is 1.81 bits per heavy atom. The molecular weight excluding hydrogens is 344 g/mol. The van der Waals surface area contributed by atoms with Gasteiger partial charge in [-0.2, -0.15) is 0 Å². The molecule has 7 heteroatoms. The summed E-state index contributed by atoms with van der Waals surface area (Å²) in [6, 6.07) is 10.2. The summed E-state index contributed by atoms with van der Waals surface area (Å²) in [5, 5.41) is 8.42. The minimum Gasteiger partial charge on any atom is -0.497 e. The number of rotatable bonds is 5. The van der Waals surface area contributed by atoms with Crippen LogP contribution in [-0.4, -0.2) is 43.5 Å². The van der Waals surface area contributed by atoms with Crippen molar-refractivity contribution in [3.63, 3.8) is 0 Å². The summed E-state index contributed by atoms with van der Waals surface area (Å²) >= 11 is 0. The average Bonchev–Trinajstić information content (AvgIpc) is 3.28. The van der Waals surface area contributed by atoms with E-state index in [-0.39, 0.29) is 0 Å². The molecule has 1 saturated heterocycles. The standard InChI is InChI=1S/C20H24N4O3/c1-14-12-18(15(2)26-14)20-22-21-19(27-20)13-23-8-10-24(11-9-23)16-4-6-17(25-3)7-5-16/h4-7,12H,8-11,13H2,1-3H3/p+1. The van der Waals surface area contributed by atoms with E-state index < -0.39 is 0 Å². The molecule has 27 heavy (non-hydrogen) atoms. The van der Waals surface area contributed by atoms with Gasteiger partial charge in [0.15, 0.2) is 6.54 Å². The minimum absolute atomic E-state index is 0.538. The Kier molecular flexibility index (Phi) is 4.85. The van der Waals surface area contributed by atoms with Crippen LogP contribution in [0.3, 0.4) is 0 Å². The van der Waals surface area contributed by atoms with Crippen LogP contribution in [0.2, 0.25) is 0 Å². The second-order valence-electron chi connectivity index (χ2n) is 6.94. The minimum atomic E-state index is 0.538. The lowest BCUT2D eigenvalue weighted by atomic mass is 10.2. The van der Waals surface area contributed by atoms with E-state index in [0.717, 1.165) is 55.6 Å². The third kappa shape index (κ3) is 3.83. The van der Waals surface area contributed by atoms with Gasteiger partial charge in [0.05, 0.1) is 38.9 Å². The monoisotopic (exact) mass is 369 g/mol. The fourth-order valence-corrected chi connectivity index (χ4v) is 3.54. The molecule has 0 spiro atoms. The molecule has 1 N–H and O–H groups in total. The fourth-order valence-electron chi connectivity index (χ4n) is 3.54. The summed E-state index contributed by atoms with van der Waals surface area (Å²) in [4.78, 5) is 3.86. The van der Waals surface area contributed by atoms with Gasteiger partial charge in [-0.25, -0.2) is 0 Å². The first kappa shape index (κ1) is 17.6. The number of benzene rings is 1. The number of nitrogens with zero attached hydrogens (tertiary/aromatic N) is 3. The van der Waals surface area contributed by atoms with E-state index in [1.807, 2.05) is 32.0 Å². The summed E-state index contributed by atoms with van der Waals surface area (Å²) in [7, 11) is 1.69. The summed E-state index contributed by atoms with van der Waals surface area (Å²) < 4.78 is 16.7. The number of methoxy groups -OCH3 is 1. The van der Waals surface area contributed by atoms with Crippen LogP contribution in [0.4, 0.5) is 5.69 Å². The van der Waals surface area contributed by atoms with Crippen molar-refractivity contribution in [2.24, 2.45) is 0 Å². The molecule has 0 atom stereocenters. The molecule has 1 fully saturated rings. The molecular formula is C20H25N4O3+. The predicted molar refractivity (Wildman–Crippen MR) is 101 cm³/mol. The number of ether oxygens (including phenoxy) is 1. The van der Waals surface area contributed by atoms with E-state index in [4.69, 9.17) is 13.6 Å². The first-order valence-corrected chi connectivity index (χ1v) is 9.25. The first-order valence-electron chi connectivity index (χ1n) is 9.25. The molecule has 0 aliphatic carbocycles. The maximum atomic E-state index is 5.87. The number of hydrogen-bond acceptors (Lipinski definition) is 6. The maximum absolute atomic E-state index is 5.87. The predicted octanol–water partition coefficient (Wildman–Crippen LogP) is 1.86. The molecule has 1 aliphatic rings. The average molecular weight is 369 g/mol. The zero-order valence-electron chi connectivity index (χ0n) is 16.0. The van der Waals surface area contributed by atoms with Gasteiger partial charge in [-0.15, -0.1) is 10.2 Å². The molecule has 7 nitrogen and oxygen atoms in total. The fraction of sp³-hybridized carbons (Fsp3) is 0.400. The van der Waals surface area contributed by atoms with Crippen molar-refractivity contribution in [3.05, 3.63) is 47.7 Å². The van der Waals surface area contributed by atoms with Gasteiger partial charge >= 0.3 is 0 Å². The number of hydrogen-bond donors (Lipinski definition) is 1. The first-order chi connectivity index (χ1) is 13.1. The molecule has 1 aromatic carbocycles. The molecule has 2 aromatic heterocycles. The number of furan rings is 1. The highest BCUT2D eigenvalue weighted by Crippen LogP contribution is 2.25. The number of anilines is 1. The summed E-state index contributed by atoms with van der Waals surface area (Å²) in [6.45, 7) is 8.65. The van der Waals surface area contributed by atoms with Crippen molar-refractivity contribution in [2.75, 3.05) is 38.2 Å². The van der Waals surface area contributed by atoms with Gasteiger partial charge in [0.1, 0.15) is 17.3 Å². The Bertz CT molecular complexity index is 892. The van der Waals surface area contributed by atoms with Gasteiger partial charge in [0.2, 0.25) is 0 Å². The van der Waals surface area contributed by atoms with Crippen molar-refractivity contribution < 1.29 is 18.5 Å². The van der Waals surface area contributed by atoms with Crippen LogP contribution >= 0.6 is 0 Å². The Labute approximate surface area is 158 Å². The van der Waals surface area contributed by atoms with Gasteiger partial charge in [-0.1, -0.05) is 0 Å². The zero-order valence-corrected chi connectivity index (χ0v) is 16.0. The normalized spacial score (nSPS) is 15.3. The van der Waals surface area contributed by atoms with Crippen molar-refractivity contribution in [1.82, 2.24) is 10.2 Å². The van der Waals surface area contributed by atoms with E-state index >= 15 is 0 Å². The largest absolute Gasteiger partial charge is 0.497 e. The molecule has 0 saturated carbocycles. The van der Waals surface area contributed by atoms with Gasteiger partial charge in [-0.05, 0) is 44.2 Å². The quantitative estimate of drug-likeness (QED) is 0.740. The van der Waals surface area contributed by atoms with Crippen LogP contribution < -0.4 is 14.5 Å². The van der Waals surface area contributed by atoms with E-state index in [2.05, 4.69) is 27.2 Å². The lowest BCUT2D eigenvalue weighted by Gasteiger charge is -2.33. The van der Waals surface area contributed by atoms with Gasteiger partial charge in [0.25, 0.3) is 11.8 Å². The van der Waals surface area contributed by atoms with E-state index in [0.29, 0.717) is 11.8 Å². The third-order valence-corrected chi connectivity index (χ3v) is 5.05. The highest BCUT2D eigenvalue weighted by atomic mass is 16.5. The van der Waals surface area contributed by atoms with Crippen LogP contribution in [0, 0.1) is 13.8 Å². The molecule has 0 radical (unpaired) electrons. The summed E-state index contributed by atoms with van der Waals surface area (Å²) in [5.74, 6) is 3.76. The van der Waals surface area contributed by atoms with Gasteiger partial charge < -0.3 is 23.4 Å². The van der Waals surface area contributed by atoms with E-state index in [1.165, 1.54) is 10.6 Å².